The number of carbonyl (C=O) groups excluding carboxylic acids is 1. The lowest BCUT2D eigenvalue weighted by Crippen LogP contribution is -2.83. The molecule has 0 aromatic heterocycles. The first kappa shape index (κ1) is 19.2. The van der Waals surface area contributed by atoms with E-state index in [4.69, 9.17) is 21.1 Å². The standard InChI is InChI=1S/C21H22ClFN2O3/c22-17-7-6-16(8-18(17)23)28-10-19(26)25-21-11-20(12-21,13-21)24-14-27-9-15-4-2-1-3-5-15/h1-8,24H,9-14H2,(H,25,26). The van der Waals surface area contributed by atoms with Crippen LogP contribution >= 0.6 is 11.6 Å². The molecule has 3 saturated carbocycles. The van der Waals surface area contributed by atoms with E-state index in [1.807, 2.05) is 30.3 Å². The van der Waals surface area contributed by atoms with Crippen molar-refractivity contribution in [1.29, 1.82) is 0 Å². The molecule has 0 radical (unpaired) electrons. The molecular formula is C21H22ClFN2O3. The molecule has 28 heavy (non-hydrogen) atoms. The molecule has 5 nitrogen and oxygen atoms in total. The molecule has 1 amide bonds. The summed E-state index contributed by atoms with van der Waals surface area (Å²) in [4.78, 5) is 12.1. The minimum absolute atomic E-state index is 0.0243. The Hall–Kier alpha value is -2.15. The Labute approximate surface area is 168 Å². The highest BCUT2D eigenvalue weighted by molar-refractivity contribution is 6.30. The highest BCUT2D eigenvalue weighted by Gasteiger charge is 2.68. The fourth-order valence-corrected chi connectivity index (χ4v) is 4.22. The largest absolute Gasteiger partial charge is 0.484 e. The number of nitrogens with one attached hydrogen (secondary N) is 2. The maximum atomic E-state index is 13.4. The van der Waals surface area contributed by atoms with Crippen LogP contribution in [0.15, 0.2) is 48.5 Å². The topological polar surface area (TPSA) is 59.6 Å². The van der Waals surface area contributed by atoms with Gasteiger partial charge in [0.05, 0.1) is 18.4 Å². The molecule has 3 aliphatic carbocycles. The van der Waals surface area contributed by atoms with Gasteiger partial charge in [-0.25, -0.2) is 4.39 Å². The van der Waals surface area contributed by atoms with Crippen molar-refractivity contribution >= 4 is 17.5 Å². The molecule has 0 atom stereocenters. The number of hydrogen-bond acceptors (Lipinski definition) is 4. The minimum atomic E-state index is -0.568. The molecule has 0 unspecified atom stereocenters. The maximum Gasteiger partial charge on any atom is 0.258 e. The molecular weight excluding hydrogens is 383 g/mol. The molecule has 2 aromatic rings. The highest BCUT2D eigenvalue weighted by Crippen LogP contribution is 2.60. The monoisotopic (exact) mass is 404 g/mol. The minimum Gasteiger partial charge on any atom is -0.484 e. The lowest BCUT2D eigenvalue weighted by atomic mass is 9.44. The van der Waals surface area contributed by atoms with Gasteiger partial charge in [0.2, 0.25) is 0 Å². The summed E-state index contributed by atoms with van der Waals surface area (Å²) in [7, 11) is 0. The number of carbonyl (C=O) groups is 1. The van der Waals surface area contributed by atoms with Gasteiger partial charge in [-0.3, -0.25) is 10.1 Å². The molecule has 7 heteroatoms. The van der Waals surface area contributed by atoms with Gasteiger partial charge in [0.25, 0.3) is 5.91 Å². The van der Waals surface area contributed by atoms with Crippen LogP contribution in [-0.4, -0.2) is 30.3 Å². The number of hydrogen-bond donors (Lipinski definition) is 2. The fourth-order valence-electron chi connectivity index (χ4n) is 4.10. The second-order valence-electron chi connectivity index (χ2n) is 7.66. The zero-order valence-corrected chi connectivity index (χ0v) is 16.1. The highest BCUT2D eigenvalue weighted by atomic mass is 35.5. The summed E-state index contributed by atoms with van der Waals surface area (Å²) in [6, 6.07) is 14.1. The molecule has 2 aromatic carbocycles. The second-order valence-corrected chi connectivity index (χ2v) is 8.07. The second kappa shape index (κ2) is 7.70. The predicted octanol–water partition coefficient (Wildman–Crippen LogP) is 3.41. The molecule has 2 N–H and O–H groups in total. The van der Waals surface area contributed by atoms with Crippen LogP contribution in [0.25, 0.3) is 0 Å². The van der Waals surface area contributed by atoms with Crippen molar-refractivity contribution in [3.05, 3.63) is 64.9 Å². The van der Waals surface area contributed by atoms with Crippen LogP contribution in [0.1, 0.15) is 24.8 Å². The quantitative estimate of drug-likeness (QED) is 0.496. The van der Waals surface area contributed by atoms with Gasteiger partial charge in [-0.1, -0.05) is 41.9 Å². The normalized spacial score (nSPS) is 24.8. The summed E-state index contributed by atoms with van der Waals surface area (Å²) in [5, 5.41) is 6.50. The lowest BCUT2D eigenvalue weighted by Gasteiger charge is -2.70. The summed E-state index contributed by atoms with van der Waals surface area (Å²) < 4.78 is 24.4. The molecule has 0 saturated heterocycles. The van der Waals surface area contributed by atoms with Gasteiger partial charge in [0.1, 0.15) is 11.6 Å². The Morgan fingerprint density at radius 2 is 1.86 bits per heavy atom. The third-order valence-electron chi connectivity index (χ3n) is 5.36. The van der Waals surface area contributed by atoms with E-state index in [-0.39, 0.29) is 34.4 Å². The summed E-state index contributed by atoms with van der Waals surface area (Å²) >= 11 is 5.63. The predicted molar refractivity (Wildman–Crippen MR) is 104 cm³/mol. The molecule has 0 heterocycles. The Morgan fingerprint density at radius 3 is 2.57 bits per heavy atom. The van der Waals surface area contributed by atoms with Gasteiger partial charge in [0.15, 0.2) is 6.61 Å². The maximum absolute atomic E-state index is 13.4. The zero-order valence-electron chi connectivity index (χ0n) is 15.3. The van der Waals surface area contributed by atoms with E-state index < -0.39 is 5.82 Å². The Morgan fingerprint density at radius 1 is 1.11 bits per heavy atom. The van der Waals surface area contributed by atoms with Crippen molar-refractivity contribution in [1.82, 2.24) is 10.6 Å². The van der Waals surface area contributed by atoms with Crippen molar-refractivity contribution in [3.63, 3.8) is 0 Å². The van der Waals surface area contributed by atoms with E-state index in [1.54, 1.807) is 0 Å². The zero-order chi connectivity index (χ0) is 19.6. The van der Waals surface area contributed by atoms with Crippen LogP contribution in [0.2, 0.25) is 5.02 Å². The van der Waals surface area contributed by atoms with E-state index in [2.05, 4.69) is 10.6 Å². The van der Waals surface area contributed by atoms with Gasteiger partial charge in [-0.2, -0.15) is 0 Å². The van der Waals surface area contributed by atoms with Crippen LogP contribution in [0.3, 0.4) is 0 Å². The summed E-state index contributed by atoms with van der Waals surface area (Å²) in [5.41, 5.74) is 1.08. The first-order chi connectivity index (χ1) is 13.5. The van der Waals surface area contributed by atoms with Gasteiger partial charge in [-0.05, 0) is 37.0 Å². The number of benzene rings is 2. The van der Waals surface area contributed by atoms with Gasteiger partial charge < -0.3 is 14.8 Å². The molecule has 3 aliphatic rings. The van der Waals surface area contributed by atoms with Crippen LogP contribution in [0.5, 0.6) is 5.75 Å². The number of amides is 1. The van der Waals surface area contributed by atoms with E-state index >= 15 is 0 Å². The fraction of sp³-hybridized carbons (Fsp3) is 0.381. The molecule has 0 aliphatic heterocycles. The average molecular weight is 405 g/mol. The van der Waals surface area contributed by atoms with E-state index in [0.29, 0.717) is 13.3 Å². The average Bonchev–Trinajstić information content (AvgIpc) is 2.63. The molecule has 2 bridgehead atoms. The SMILES string of the molecule is O=C(COc1ccc(Cl)c(F)c1)NC12CC(NCOCc3ccccc3)(C1)C2. The molecule has 0 spiro atoms. The Kier molecular flexibility index (Phi) is 5.27. The summed E-state index contributed by atoms with van der Waals surface area (Å²) in [6.07, 6.45) is 2.65. The third-order valence-corrected chi connectivity index (χ3v) is 5.66. The van der Waals surface area contributed by atoms with Gasteiger partial charge >= 0.3 is 0 Å². The Balaban J connectivity index is 1.13. The molecule has 148 valence electrons. The van der Waals surface area contributed by atoms with Crippen molar-refractivity contribution in [3.8, 4) is 5.75 Å². The molecule has 5 rings (SSSR count). The van der Waals surface area contributed by atoms with Crippen molar-refractivity contribution in [2.45, 2.75) is 36.9 Å². The molecule has 3 fully saturated rings. The van der Waals surface area contributed by atoms with E-state index in [0.717, 1.165) is 24.8 Å². The number of rotatable bonds is 9. The van der Waals surface area contributed by atoms with Crippen molar-refractivity contribution in [2.75, 3.05) is 13.3 Å². The first-order valence-corrected chi connectivity index (χ1v) is 9.61. The first-order valence-electron chi connectivity index (χ1n) is 9.23. The third kappa shape index (κ3) is 4.14. The van der Waals surface area contributed by atoms with E-state index in [9.17, 15) is 9.18 Å². The van der Waals surface area contributed by atoms with Crippen LogP contribution < -0.4 is 15.4 Å². The Bertz CT molecular complexity index is 842. The van der Waals surface area contributed by atoms with Gasteiger partial charge in [-0.15, -0.1) is 0 Å². The summed E-state index contributed by atoms with van der Waals surface area (Å²) in [6.45, 7) is 0.919. The summed E-state index contributed by atoms with van der Waals surface area (Å²) in [5.74, 6) is -0.492. The number of halogens is 2. The lowest BCUT2D eigenvalue weighted by molar-refractivity contribution is -0.147. The van der Waals surface area contributed by atoms with Crippen LogP contribution in [-0.2, 0) is 16.1 Å². The smallest absolute Gasteiger partial charge is 0.258 e. The van der Waals surface area contributed by atoms with E-state index in [1.165, 1.54) is 18.2 Å². The number of ether oxygens (including phenoxy) is 2. The van der Waals surface area contributed by atoms with Crippen molar-refractivity contribution in [2.24, 2.45) is 0 Å². The van der Waals surface area contributed by atoms with Gasteiger partial charge in [0, 0.05) is 17.1 Å². The van der Waals surface area contributed by atoms with Crippen molar-refractivity contribution < 1.29 is 18.7 Å². The van der Waals surface area contributed by atoms with Crippen LogP contribution in [0, 0.1) is 5.82 Å². The van der Waals surface area contributed by atoms with Crippen LogP contribution in [0.4, 0.5) is 4.39 Å².